The molecule has 0 saturated carbocycles. The van der Waals surface area contributed by atoms with Crippen LogP contribution in [0.15, 0.2) is 54.6 Å². The first-order chi connectivity index (χ1) is 14.0. The maximum atomic E-state index is 13.4. The van der Waals surface area contributed by atoms with Gasteiger partial charge in [0, 0.05) is 35.1 Å². The number of rotatable bonds is 6. The maximum Gasteiger partial charge on any atom is 0.326 e. The van der Waals surface area contributed by atoms with Crippen LogP contribution in [0.2, 0.25) is 0 Å². The van der Waals surface area contributed by atoms with Crippen LogP contribution in [0.5, 0.6) is 0 Å². The molecule has 148 valence electrons. The van der Waals surface area contributed by atoms with Crippen LogP contribution >= 0.6 is 0 Å². The van der Waals surface area contributed by atoms with Gasteiger partial charge in [0.05, 0.1) is 0 Å². The largest absolute Gasteiger partial charge is 0.480 e. The van der Waals surface area contributed by atoms with Crippen molar-refractivity contribution in [2.45, 2.75) is 25.9 Å². The van der Waals surface area contributed by atoms with Gasteiger partial charge in [-0.1, -0.05) is 18.2 Å². The molecule has 7 heteroatoms. The van der Waals surface area contributed by atoms with Gasteiger partial charge >= 0.3 is 5.97 Å². The number of H-pyrrole nitrogens is 1. The van der Waals surface area contributed by atoms with Crippen LogP contribution in [-0.4, -0.2) is 32.6 Å². The Morgan fingerprint density at radius 3 is 2.69 bits per heavy atom. The van der Waals surface area contributed by atoms with Crippen molar-refractivity contribution in [2.75, 3.05) is 0 Å². The van der Waals surface area contributed by atoms with E-state index in [0.29, 0.717) is 23.4 Å². The summed E-state index contributed by atoms with van der Waals surface area (Å²) >= 11 is 0. The molecule has 29 heavy (non-hydrogen) atoms. The average molecular weight is 393 g/mol. The number of aliphatic carboxylic acids is 1. The number of amides is 1. The Balaban J connectivity index is 1.59. The van der Waals surface area contributed by atoms with Crippen molar-refractivity contribution in [2.24, 2.45) is 0 Å². The molecule has 1 atom stereocenters. The molecule has 4 rings (SSSR count). The molecule has 6 nitrogen and oxygen atoms in total. The highest BCUT2D eigenvalue weighted by atomic mass is 19.1. The summed E-state index contributed by atoms with van der Waals surface area (Å²) in [4.78, 5) is 27.7. The van der Waals surface area contributed by atoms with E-state index in [2.05, 4.69) is 10.3 Å². The Bertz CT molecular complexity index is 1220. The molecule has 1 amide bonds. The van der Waals surface area contributed by atoms with Crippen molar-refractivity contribution in [3.05, 3.63) is 71.8 Å². The number of carboxylic acids is 1. The van der Waals surface area contributed by atoms with Gasteiger partial charge in [-0.15, -0.1) is 0 Å². The van der Waals surface area contributed by atoms with Crippen LogP contribution < -0.4 is 5.32 Å². The molecule has 0 aliphatic rings. The second-order valence-corrected chi connectivity index (χ2v) is 6.93. The Hall–Kier alpha value is -3.61. The highest BCUT2D eigenvalue weighted by Gasteiger charge is 2.24. The van der Waals surface area contributed by atoms with Crippen LogP contribution in [-0.2, 0) is 17.8 Å². The zero-order valence-corrected chi connectivity index (χ0v) is 15.8. The molecular weight excluding hydrogens is 373 g/mol. The third-order valence-electron chi connectivity index (χ3n) is 5.03. The van der Waals surface area contributed by atoms with E-state index in [1.165, 1.54) is 12.1 Å². The Morgan fingerprint density at radius 2 is 1.93 bits per heavy atom. The lowest BCUT2D eigenvalue weighted by molar-refractivity contribution is -0.139. The second kappa shape index (κ2) is 7.43. The third kappa shape index (κ3) is 3.59. The fourth-order valence-corrected chi connectivity index (χ4v) is 3.66. The van der Waals surface area contributed by atoms with Crippen molar-refractivity contribution >= 4 is 33.7 Å². The lowest BCUT2D eigenvalue weighted by Crippen LogP contribution is -2.43. The summed E-state index contributed by atoms with van der Waals surface area (Å²) in [6.45, 7) is 2.52. The number of aromatic nitrogens is 2. The number of fused-ring (bicyclic) bond motifs is 2. The lowest BCUT2D eigenvalue weighted by atomic mass is 10.1. The van der Waals surface area contributed by atoms with Gasteiger partial charge in [-0.05, 0) is 48.7 Å². The van der Waals surface area contributed by atoms with Crippen molar-refractivity contribution in [1.82, 2.24) is 14.9 Å². The summed E-state index contributed by atoms with van der Waals surface area (Å²) in [6, 6.07) is 14.4. The van der Waals surface area contributed by atoms with Crippen molar-refractivity contribution in [3.63, 3.8) is 0 Å². The van der Waals surface area contributed by atoms with Gasteiger partial charge in [-0.25, -0.2) is 9.18 Å². The summed E-state index contributed by atoms with van der Waals surface area (Å²) in [7, 11) is 0. The van der Waals surface area contributed by atoms with Crippen LogP contribution in [0.25, 0.3) is 21.8 Å². The van der Waals surface area contributed by atoms with Crippen LogP contribution in [0.3, 0.4) is 0 Å². The quantitative estimate of drug-likeness (QED) is 0.467. The van der Waals surface area contributed by atoms with E-state index in [1.54, 1.807) is 18.2 Å². The molecule has 4 aromatic rings. The molecule has 2 aromatic heterocycles. The van der Waals surface area contributed by atoms with E-state index in [9.17, 15) is 19.1 Å². The van der Waals surface area contributed by atoms with Gasteiger partial charge in [-0.2, -0.15) is 0 Å². The number of para-hydroxylation sites is 1. The number of carbonyl (C=O) groups excluding carboxylic acids is 1. The summed E-state index contributed by atoms with van der Waals surface area (Å²) in [5, 5.41) is 13.9. The number of hydrogen-bond acceptors (Lipinski definition) is 2. The number of benzene rings is 2. The zero-order valence-electron chi connectivity index (χ0n) is 15.8. The fraction of sp³-hybridized carbons (Fsp3) is 0.182. The molecule has 0 unspecified atom stereocenters. The topological polar surface area (TPSA) is 87.1 Å². The fourth-order valence-electron chi connectivity index (χ4n) is 3.66. The molecule has 0 spiro atoms. The van der Waals surface area contributed by atoms with E-state index in [-0.39, 0.29) is 12.2 Å². The second-order valence-electron chi connectivity index (χ2n) is 6.93. The van der Waals surface area contributed by atoms with Gasteiger partial charge in [0.25, 0.3) is 5.91 Å². The molecule has 0 saturated heterocycles. The summed E-state index contributed by atoms with van der Waals surface area (Å²) in [5.41, 5.74) is 2.53. The van der Waals surface area contributed by atoms with Gasteiger partial charge in [0.1, 0.15) is 17.6 Å². The highest BCUT2D eigenvalue weighted by molar-refractivity contribution is 6.00. The molecule has 0 bridgehead atoms. The Morgan fingerprint density at radius 1 is 1.14 bits per heavy atom. The van der Waals surface area contributed by atoms with Gasteiger partial charge < -0.3 is 20.0 Å². The summed E-state index contributed by atoms with van der Waals surface area (Å²) < 4.78 is 15.2. The molecule has 0 fully saturated rings. The number of nitrogens with zero attached hydrogens (tertiary/aromatic N) is 1. The van der Waals surface area contributed by atoms with Crippen molar-refractivity contribution < 1.29 is 19.1 Å². The van der Waals surface area contributed by atoms with Gasteiger partial charge in [0.2, 0.25) is 0 Å². The molecule has 2 aromatic carbocycles. The summed E-state index contributed by atoms with van der Waals surface area (Å²) in [6.07, 6.45) is 0.0593. The monoisotopic (exact) mass is 393 g/mol. The van der Waals surface area contributed by atoms with E-state index >= 15 is 0 Å². The molecule has 3 N–H and O–H groups in total. The lowest BCUT2D eigenvalue weighted by Gasteiger charge is -2.15. The predicted octanol–water partition coefficient (Wildman–Crippen LogP) is 3.71. The molecule has 0 aliphatic heterocycles. The average Bonchev–Trinajstić information content (AvgIpc) is 3.27. The molecular formula is C22H20FN3O3. The normalized spacial score (nSPS) is 12.3. The minimum absolute atomic E-state index is 0.0593. The van der Waals surface area contributed by atoms with E-state index in [1.807, 2.05) is 35.8 Å². The number of halogens is 1. The zero-order chi connectivity index (χ0) is 20.5. The molecule has 0 radical (unpaired) electrons. The smallest absolute Gasteiger partial charge is 0.326 e. The van der Waals surface area contributed by atoms with E-state index in [0.717, 1.165) is 16.3 Å². The predicted molar refractivity (Wildman–Crippen MR) is 108 cm³/mol. The highest BCUT2D eigenvalue weighted by Crippen LogP contribution is 2.21. The van der Waals surface area contributed by atoms with Crippen LogP contribution in [0, 0.1) is 5.82 Å². The number of aromatic amines is 1. The number of carboxylic acid groups (broad SMARTS) is 1. The first-order valence-corrected chi connectivity index (χ1v) is 9.35. The van der Waals surface area contributed by atoms with Crippen LogP contribution in [0.1, 0.15) is 23.1 Å². The first-order valence-electron chi connectivity index (χ1n) is 9.35. The Kier molecular flexibility index (Phi) is 4.80. The minimum atomic E-state index is -1.14. The standard InChI is InChI=1S/C22H20FN3O3/c1-2-26-19-6-4-3-5-14(19)10-20(26)21(27)25-18(22(28)29)12-16-9-13-7-8-15(23)11-17(13)24-16/h3-11,18,24H,2,12H2,1H3,(H,25,27)(H,28,29)/t18-/m1/s1. The van der Waals surface area contributed by atoms with Crippen molar-refractivity contribution in [1.29, 1.82) is 0 Å². The number of carbonyl (C=O) groups is 2. The molecule has 0 aliphatic carbocycles. The van der Waals surface area contributed by atoms with E-state index in [4.69, 9.17) is 0 Å². The number of aryl methyl sites for hydroxylation is 1. The van der Waals surface area contributed by atoms with Gasteiger partial charge in [-0.3, -0.25) is 4.79 Å². The SMILES string of the molecule is CCn1c(C(=O)N[C@H](Cc2cc3ccc(F)cc3[nH]2)C(=O)O)cc2ccccc21. The Labute approximate surface area is 166 Å². The van der Waals surface area contributed by atoms with E-state index < -0.39 is 17.9 Å². The number of nitrogens with one attached hydrogen (secondary N) is 2. The number of hydrogen-bond donors (Lipinski definition) is 3. The minimum Gasteiger partial charge on any atom is -0.480 e. The van der Waals surface area contributed by atoms with Crippen molar-refractivity contribution in [3.8, 4) is 0 Å². The third-order valence-corrected chi connectivity index (χ3v) is 5.03. The first kappa shape index (κ1) is 18.7. The van der Waals surface area contributed by atoms with Crippen LogP contribution in [0.4, 0.5) is 4.39 Å². The van der Waals surface area contributed by atoms with Gasteiger partial charge in [0.15, 0.2) is 0 Å². The molecule has 2 heterocycles. The maximum absolute atomic E-state index is 13.4. The summed E-state index contributed by atoms with van der Waals surface area (Å²) in [5.74, 6) is -1.96.